The third kappa shape index (κ3) is 6.63. The van der Waals surface area contributed by atoms with E-state index in [4.69, 9.17) is 4.74 Å². The molecule has 0 atom stereocenters. The molecule has 146 valence electrons. The molecule has 1 aromatic carbocycles. The number of ether oxygens (including phenoxy) is 1. The fourth-order valence-electron chi connectivity index (χ4n) is 4.92. The fraction of sp³-hybridized carbons (Fsp3) is 0.760. The molecule has 1 aromatic rings. The minimum atomic E-state index is 0.881. The van der Waals surface area contributed by atoms with Gasteiger partial charge in [0.05, 0.1) is 6.61 Å². The SMILES string of the molecule is CC1CCC(CCCOc2ccc(CCC3CCC(C)CC3)cc2)CC1. The molecule has 0 unspecified atom stereocenters. The van der Waals surface area contributed by atoms with Gasteiger partial charge in [-0.1, -0.05) is 77.3 Å². The van der Waals surface area contributed by atoms with Crippen LogP contribution < -0.4 is 4.74 Å². The molecule has 0 amide bonds. The monoisotopic (exact) mass is 356 g/mol. The second-order valence-corrected chi connectivity index (χ2v) is 9.43. The molecule has 1 heteroatoms. The molecule has 2 fully saturated rings. The van der Waals surface area contributed by atoms with E-state index in [-0.39, 0.29) is 0 Å². The number of hydrogen-bond donors (Lipinski definition) is 0. The van der Waals surface area contributed by atoms with E-state index >= 15 is 0 Å². The average Bonchev–Trinajstić information content (AvgIpc) is 2.67. The zero-order valence-corrected chi connectivity index (χ0v) is 17.2. The summed E-state index contributed by atoms with van der Waals surface area (Å²) in [4.78, 5) is 0. The second-order valence-electron chi connectivity index (χ2n) is 9.43. The molecule has 1 nitrogen and oxygen atoms in total. The molecule has 26 heavy (non-hydrogen) atoms. The van der Waals surface area contributed by atoms with Gasteiger partial charge in [-0.05, 0) is 67.1 Å². The molecule has 0 bridgehead atoms. The van der Waals surface area contributed by atoms with Crippen molar-refractivity contribution >= 4 is 0 Å². The van der Waals surface area contributed by atoms with Gasteiger partial charge in [0.2, 0.25) is 0 Å². The van der Waals surface area contributed by atoms with Crippen LogP contribution in [0.3, 0.4) is 0 Å². The van der Waals surface area contributed by atoms with Crippen molar-refractivity contribution in [3.05, 3.63) is 29.8 Å². The quantitative estimate of drug-likeness (QED) is 0.440. The topological polar surface area (TPSA) is 9.23 Å². The number of benzene rings is 1. The Hall–Kier alpha value is -0.980. The van der Waals surface area contributed by atoms with Crippen LogP contribution in [0.25, 0.3) is 0 Å². The lowest BCUT2D eigenvalue weighted by Crippen LogP contribution is -2.13. The van der Waals surface area contributed by atoms with E-state index < -0.39 is 0 Å². The summed E-state index contributed by atoms with van der Waals surface area (Å²) >= 11 is 0. The van der Waals surface area contributed by atoms with Crippen LogP contribution in [0.15, 0.2) is 24.3 Å². The highest BCUT2D eigenvalue weighted by molar-refractivity contribution is 5.27. The van der Waals surface area contributed by atoms with E-state index in [1.807, 2.05) is 0 Å². The van der Waals surface area contributed by atoms with Crippen molar-refractivity contribution in [3.8, 4) is 5.75 Å². The number of hydrogen-bond acceptors (Lipinski definition) is 1. The third-order valence-electron chi connectivity index (χ3n) is 7.06. The first-order valence-corrected chi connectivity index (χ1v) is 11.4. The van der Waals surface area contributed by atoms with Crippen molar-refractivity contribution in [1.82, 2.24) is 0 Å². The van der Waals surface area contributed by atoms with E-state index in [2.05, 4.69) is 38.1 Å². The maximum Gasteiger partial charge on any atom is 0.119 e. The molecule has 2 aliphatic rings. The minimum absolute atomic E-state index is 0.881. The Morgan fingerprint density at radius 1 is 0.731 bits per heavy atom. The van der Waals surface area contributed by atoms with Gasteiger partial charge in [0, 0.05) is 0 Å². The summed E-state index contributed by atoms with van der Waals surface area (Å²) in [5.41, 5.74) is 1.48. The van der Waals surface area contributed by atoms with Crippen molar-refractivity contribution in [3.63, 3.8) is 0 Å². The highest BCUT2D eigenvalue weighted by atomic mass is 16.5. The maximum absolute atomic E-state index is 5.98. The first kappa shape index (κ1) is 19.8. The smallest absolute Gasteiger partial charge is 0.119 e. The van der Waals surface area contributed by atoms with Gasteiger partial charge in [-0.15, -0.1) is 0 Å². The molecule has 0 heterocycles. The van der Waals surface area contributed by atoms with Crippen LogP contribution in [0.1, 0.15) is 90.0 Å². The van der Waals surface area contributed by atoms with Crippen LogP contribution in [0.4, 0.5) is 0 Å². The Bertz CT molecular complexity index is 489. The lowest BCUT2D eigenvalue weighted by atomic mass is 9.80. The molecule has 0 spiro atoms. The Balaban J connectivity index is 1.29. The van der Waals surface area contributed by atoms with E-state index in [0.717, 1.165) is 36.0 Å². The Morgan fingerprint density at radius 3 is 1.85 bits per heavy atom. The zero-order chi connectivity index (χ0) is 18.2. The largest absolute Gasteiger partial charge is 0.494 e. The number of rotatable bonds is 8. The molecule has 2 aliphatic carbocycles. The summed E-state index contributed by atoms with van der Waals surface area (Å²) in [6.45, 7) is 5.69. The lowest BCUT2D eigenvalue weighted by molar-refractivity contribution is 0.245. The summed E-state index contributed by atoms with van der Waals surface area (Å²) in [5, 5.41) is 0. The first-order valence-electron chi connectivity index (χ1n) is 11.4. The fourth-order valence-corrected chi connectivity index (χ4v) is 4.92. The van der Waals surface area contributed by atoms with Gasteiger partial charge in [-0.25, -0.2) is 0 Å². The van der Waals surface area contributed by atoms with E-state index in [9.17, 15) is 0 Å². The molecule has 0 aromatic heterocycles. The van der Waals surface area contributed by atoms with Crippen molar-refractivity contribution in [2.75, 3.05) is 6.61 Å². The van der Waals surface area contributed by atoms with Gasteiger partial charge in [0.25, 0.3) is 0 Å². The predicted octanol–water partition coefficient (Wildman–Crippen LogP) is 7.43. The molecule has 2 saturated carbocycles. The second kappa shape index (κ2) is 10.4. The van der Waals surface area contributed by atoms with Gasteiger partial charge in [-0.3, -0.25) is 0 Å². The van der Waals surface area contributed by atoms with Crippen LogP contribution in [0, 0.1) is 23.7 Å². The lowest BCUT2D eigenvalue weighted by Gasteiger charge is -2.26. The van der Waals surface area contributed by atoms with Crippen molar-refractivity contribution in [1.29, 1.82) is 0 Å². The molecule has 3 rings (SSSR count). The van der Waals surface area contributed by atoms with Gasteiger partial charge >= 0.3 is 0 Å². The van der Waals surface area contributed by atoms with Crippen molar-refractivity contribution in [2.45, 2.75) is 90.9 Å². The van der Waals surface area contributed by atoms with Crippen LogP contribution in [-0.2, 0) is 6.42 Å². The summed E-state index contributed by atoms with van der Waals surface area (Å²) in [6, 6.07) is 8.92. The third-order valence-corrected chi connectivity index (χ3v) is 7.06. The van der Waals surface area contributed by atoms with Gasteiger partial charge in [-0.2, -0.15) is 0 Å². The molecular weight excluding hydrogens is 316 g/mol. The molecule has 0 saturated heterocycles. The summed E-state index contributed by atoms with van der Waals surface area (Å²) in [6.07, 6.45) is 16.7. The van der Waals surface area contributed by atoms with Crippen molar-refractivity contribution < 1.29 is 4.74 Å². The predicted molar refractivity (Wildman–Crippen MR) is 112 cm³/mol. The van der Waals surface area contributed by atoms with Gasteiger partial charge in [0.1, 0.15) is 5.75 Å². The highest BCUT2D eigenvalue weighted by Gasteiger charge is 2.18. The summed E-state index contributed by atoms with van der Waals surface area (Å²) in [5.74, 6) is 4.90. The molecule has 0 radical (unpaired) electrons. The minimum Gasteiger partial charge on any atom is -0.494 e. The van der Waals surface area contributed by atoms with Crippen LogP contribution in [0.2, 0.25) is 0 Å². The Morgan fingerprint density at radius 2 is 1.27 bits per heavy atom. The Labute approximate surface area is 161 Å². The van der Waals surface area contributed by atoms with Gasteiger partial charge < -0.3 is 4.74 Å². The molecule has 0 aliphatic heterocycles. The standard InChI is InChI=1S/C25H40O/c1-20-5-9-22(10-6-20)4-3-19-26-25-17-15-24(16-18-25)14-13-23-11-7-21(2)8-12-23/h15-18,20-23H,3-14,19H2,1-2H3. The van der Waals surface area contributed by atoms with E-state index in [0.29, 0.717) is 0 Å². The first-order chi connectivity index (χ1) is 12.7. The van der Waals surface area contributed by atoms with Crippen LogP contribution in [-0.4, -0.2) is 6.61 Å². The summed E-state index contributed by atoms with van der Waals surface area (Å²) in [7, 11) is 0. The van der Waals surface area contributed by atoms with Crippen molar-refractivity contribution in [2.24, 2.45) is 23.7 Å². The highest BCUT2D eigenvalue weighted by Crippen LogP contribution is 2.32. The van der Waals surface area contributed by atoms with Crippen LogP contribution >= 0.6 is 0 Å². The average molecular weight is 357 g/mol. The summed E-state index contributed by atoms with van der Waals surface area (Å²) < 4.78 is 5.98. The Kier molecular flexibility index (Phi) is 7.89. The van der Waals surface area contributed by atoms with E-state index in [1.54, 1.807) is 0 Å². The normalized spacial score (nSPS) is 29.5. The molecule has 0 N–H and O–H groups in total. The molecular formula is C25H40O. The van der Waals surface area contributed by atoms with Gasteiger partial charge in [0.15, 0.2) is 0 Å². The van der Waals surface area contributed by atoms with E-state index in [1.165, 1.54) is 82.6 Å². The zero-order valence-electron chi connectivity index (χ0n) is 17.2. The van der Waals surface area contributed by atoms with Crippen LogP contribution in [0.5, 0.6) is 5.75 Å². The maximum atomic E-state index is 5.98. The number of aryl methyl sites for hydroxylation is 1.